The van der Waals surface area contributed by atoms with Crippen molar-refractivity contribution in [3.63, 3.8) is 0 Å². The minimum Gasteiger partial charge on any atom is -0.494 e. The molecule has 0 aliphatic heterocycles. The van der Waals surface area contributed by atoms with E-state index in [0.717, 1.165) is 6.42 Å². The van der Waals surface area contributed by atoms with Gasteiger partial charge >= 0.3 is 0 Å². The van der Waals surface area contributed by atoms with Gasteiger partial charge in [-0.2, -0.15) is 0 Å². The van der Waals surface area contributed by atoms with Crippen molar-refractivity contribution in [3.05, 3.63) is 29.6 Å². The topological polar surface area (TPSA) is 29.5 Å². The highest BCUT2D eigenvalue weighted by Gasteiger charge is 2.32. The monoisotopic (exact) mass is 238 g/mol. The fourth-order valence-electron chi connectivity index (χ4n) is 2.28. The van der Waals surface area contributed by atoms with Crippen molar-refractivity contribution < 1.29 is 14.2 Å². The minimum absolute atomic E-state index is 0.240. The molecule has 3 heteroatoms. The fourth-order valence-corrected chi connectivity index (χ4v) is 2.28. The lowest BCUT2D eigenvalue weighted by Gasteiger charge is -2.23. The summed E-state index contributed by atoms with van der Waals surface area (Å²) in [5.41, 5.74) is -0.302. The smallest absolute Gasteiger partial charge is 0.168 e. The Balaban J connectivity index is 2.11. The maximum absolute atomic E-state index is 13.9. The number of halogens is 1. The number of rotatable bonds is 5. The third-order valence-corrected chi connectivity index (χ3v) is 3.26. The molecule has 0 spiro atoms. The van der Waals surface area contributed by atoms with Gasteiger partial charge in [0.25, 0.3) is 0 Å². The minimum atomic E-state index is -0.825. The quantitative estimate of drug-likeness (QED) is 0.854. The van der Waals surface area contributed by atoms with Crippen LogP contribution < -0.4 is 4.74 Å². The Hall–Kier alpha value is -1.09. The van der Waals surface area contributed by atoms with Crippen molar-refractivity contribution in [3.8, 4) is 5.75 Å². The third-order valence-electron chi connectivity index (χ3n) is 3.26. The summed E-state index contributed by atoms with van der Waals surface area (Å²) in [6.45, 7) is 1.78. The second-order valence-electron chi connectivity index (χ2n) is 5.25. The number of hydrogen-bond donors (Lipinski definition) is 1. The molecule has 0 amide bonds. The second kappa shape index (κ2) is 4.65. The van der Waals surface area contributed by atoms with Crippen molar-refractivity contribution in [2.24, 2.45) is 5.92 Å². The number of aliphatic hydroxyl groups is 1. The molecule has 17 heavy (non-hydrogen) atoms. The van der Waals surface area contributed by atoms with Crippen LogP contribution in [-0.4, -0.2) is 17.8 Å². The summed E-state index contributed by atoms with van der Waals surface area (Å²) in [4.78, 5) is 0. The molecule has 2 rings (SSSR count). The van der Waals surface area contributed by atoms with Gasteiger partial charge in [-0.25, -0.2) is 4.39 Å². The number of hydrogen-bond acceptors (Lipinski definition) is 2. The van der Waals surface area contributed by atoms with Gasteiger partial charge in [-0.1, -0.05) is 25.0 Å². The van der Waals surface area contributed by atoms with E-state index in [9.17, 15) is 9.50 Å². The van der Waals surface area contributed by atoms with E-state index in [-0.39, 0.29) is 11.6 Å². The van der Waals surface area contributed by atoms with E-state index in [2.05, 4.69) is 0 Å². The zero-order valence-electron chi connectivity index (χ0n) is 10.4. The molecule has 94 valence electrons. The highest BCUT2D eigenvalue weighted by molar-refractivity contribution is 5.31. The predicted octanol–water partition coefficient (Wildman–Crippen LogP) is 2.93. The summed E-state index contributed by atoms with van der Waals surface area (Å²) in [6, 6.07) is 5.05. The van der Waals surface area contributed by atoms with E-state index in [1.165, 1.54) is 20.0 Å². The van der Waals surface area contributed by atoms with E-state index in [1.807, 2.05) is 0 Å². The van der Waals surface area contributed by atoms with Crippen LogP contribution in [-0.2, 0) is 6.42 Å². The SMILES string of the molecule is COc1cccc(CC(C)(O)CC2CC2)c1F. The number of benzene rings is 1. The van der Waals surface area contributed by atoms with E-state index in [4.69, 9.17) is 4.74 Å². The first-order chi connectivity index (χ1) is 8.02. The summed E-state index contributed by atoms with van der Waals surface area (Å²) in [6.07, 6.45) is 3.48. The lowest BCUT2D eigenvalue weighted by Crippen LogP contribution is -2.28. The molecule has 1 aliphatic rings. The molecule has 0 saturated heterocycles. The molecule has 0 aromatic heterocycles. The van der Waals surface area contributed by atoms with E-state index in [0.29, 0.717) is 17.9 Å². The Bertz CT molecular complexity index is 397. The molecule has 2 nitrogen and oxygen atoms in total. The van der Waals surface area contributed by atoms with Gasteiger partial charge in [-0.3, -0.25) is 0 Å². The first kappa shape index (κ1) is 12.4. The van der Waals surface area contributed by atoms with E-state index in [1.54, 1.807) is 25.1 Å². The van der Waals surface area contributed by atoms with Crippen molar-refractivity contribution in [1.29, 1.82) is 0 Å². The summed E-state index contributed by atoms with van der Waals surface area (Å²) >= 11 is 0. The Morgan fingerprint density at radius 2 is 2.18 bits per heavy atom. The van der Waals surface area contributed by atoms with Crippen LogP contribution in [0.5, 0.6) is 5.75 Å². The lowest BCUT2D eigenvalue weighted by atomic mass is 9.91. The Kier molecular flexibility index (Phi) is 3.38. The molecule has 0 bridgehead atoms. The largest absolute Gasteiger partial charge is 0.494 e. The molecular weight excluding hydrogens is 219 g/mol. The molecule has 1 aromatic carbocycles. The maximum Gasteiger partial charge on any atom is 0.168 e. The van der Waals surface area contributed by atoms with E-state index >= 15 is 0 Å². The van der Waals surface area contributed by atoms with Gasteiger partial charge in [-0.15, -0.1) is 0 Å². The standard InChI is InChI=1S/C14H19FO2/c1-14(16,8-10-6-7-10)9-11-4-3-5-12(17-2)13(11)15/h3-5,10,16H,6-9H2,1-2H3. The molecule has 1 aromatic rings. The van der Waals surface area contributed by atoms with Crippen molar-refractivity contribution >= 4 is 0 Å². The Morgan fingerprint density at radius 3 is 2.76 bits per heavy atom. The van der Waals surface area contributed by atoms with Gasteiger partial charge in [0, 0.05) is 6.42 Å². The fraction of sp³-hybridized carbons (Fsp3) is 0.571. The summed E-state index contributed by atoms with van der Waals surface area (Å²) in [5, 5.41) is 10.3. The van der Waals surface area contributed by atoms with Gasteiger partial charge in [0.15, 0.2) is 11.6 Å². The second-order valence-corrected chi connectivity index (χ2v) is 5.25. The van der Waals surface area contributed by atoms with Gasteiger partial charge in [0.2, 0.25) is 0 Å². The van der Waals surface area contributed by atoms with Crippen LogP contribution in [0.25, 0.3) is 0 Å². The van der Waals surface area contributed by atoms with Crippen molar-refractivity contribution in [2.75, 3.05) is 7.11 Å². The summed E-state index contributed by atoms with van der Waals surface area (Å²) in [7, 11) is 1.45. The molecule has 1 fully saturated rings. The molecule has 1 unspecified atom stereocenters. The first-order valence-electron chi connectivity index (χ1n) is 6.05. The molecule has 1 saturated carbocycles. The van der Waals surface area contributed by atoms with Gasteiger partial charge in [0.1, 0.15) is 0 Å². The van der Waals surface area contributed by atoms with Gasteiger partial charge < -0.3 is 9.84 Å². The average Bonchev–Trinajstić information content (AvgIpc) is 3.04. The Morgan fingerprint density at radius 1 is 1.47 bits per heavy atom. The molecule has 1 N–H and O–H groups in total. The number of ether oxygens (including phenoxy) is 1. The Labute approximate surface area is 101 Å². The highest BCUT2D eigenvalue weighted by Crippen LogP contribution is 2.38. The van der Waals surface area contributed by atoms with Crippen LogP contribution in [0, 0.1) is 11.7 Å². The molecular formula is C14H19FO2. The van der Waals surface area contributed by atoms with Crippen molar-refractivity contribution in [1.82, 2.24) is 0 Å². The molecule has 0 radical (unpaired) electrons. The van der Waals surface area contributed by atoms with Crippen LogP contribution >= 0.6 is 0 Å². The average molecular weight is 238 g/mol. The van der Waals surface area contributed by atoms with Crippen molar-refractivity contribution in [2.45, 2.75) is 38.2 Å². The summed E-state index contributed by atoms with van der Waals surface area (Å²) < 4.78 is 18.9. The van der Waals surface area contributed by atoms with Crippen LogP contribution in [0.3, 0.4) is 0 Å². The molecule has 1 atom stereocenters. The third kappa shape index (κ3) is 3.19. The molecule has 1 aliphatic carbocycles. The lowest BCUT2D eigenvalue weighted by molar-refractivity contribution is 0.0446. The van der Waals surface area contributed by atoms with Gasteiger partial charge in [-0.05, 0) is 30.9 Å². The van der Waals surface area contributed by atoms with Gasteiger partial charge in [0.05, 0.1) is 12.7 Å². The van der Waals surface area contributed by atoms with Crippen LogP contribution in [0.4, 0.5) is 4.39 Å². The predicted molar refractivity (Wildman–Crippen MR) is 64.6 cm³/mol. The van der Waals surface area contributed by atoms with E-state index < -0.39 is 5.60 Å². The van der Waals surface area contributed by atoms with Crippen LogP contribution in [0.1, 0.15) is 31.7 Å². The first-order valence-corrected chi connectivity index (χ1v) is 6.05. The highest BCUT2D eigenvalue weighted by atomic mass is 19.1. The van der Waals surface area contributed by atoms with Crippen LogP contribution in [0.15, 0.2) is 18.2 Å². The van der Waals surface area contributed by atoms with Crippen LogP contribution in [0.2, 0.25) is 0 Å². The molecule has 0 heterocycles. The zero-order valence-corrected chi connectivity index (χ0v) is 10.4. The zero-order chi connectivity index (χ0) is 12.5. The normalized spacial score (nSPS) is 18.8. The maximum atomic E-state index is 13.9. The summed E-state index contributed by atoms with van der Waals surface area (Å²) in [5.74, 6) is 0.509. The number of methoxy groups -OCH3 is 1.